The summed E-state index contributed by atoms with van der Waals surface area (Å²) >= 11 is 0. The van der Waals surface area contributed by atoms with Crippen LogP contribution in [0.4, 0.5) is 4.39 Å². The minimum atomic E-state index is -0.242. The molecule has 2 aromatic rings. The van der Waals surface area contributed by atoms with Crippen LogP contribution in [0.2, 0.25) is 0 Å². The topological polar surface area (TPSA) is 54.7 Å². The number of aromatic amines is 1. The van der Waals surface area contributed by atoms with E-state index in [2.05, 4.69) is 16.9 Å². The van der Waals surface area contributed by atoms with Gasteiger partial charge in [-0.25, -0.2) is 9.37 Å². The fraction of sp³-hybridized carbons (Fsp3) is 0.308. The second-order valence-electron chi connectivity index (χ2n) is 4.30. The first-order valence-corrected chi connectivity index (χ1v) is 5.69. The van der Waals surface area contributed by atoms with Gasteiger partial charge in [-0.3, -0.25) is 0 Å². The van der Waals surface area contributed by atoms with E-state index in [0.717, 1.165) is 23.5 Å². The number of halogens is 1. The standard InChI is InChI=1S/C13H16FN3/c1-9(7-15)5-13-16-8-12(17-13)10-3-2-4-11(14)6-10/h2-4,6,8-9H,5,7,15H2,1H3,(H,16,17). The maximum atomic E-state index is 13.1. The number of benzene rings is 1. The van der Waals surface area contributed by atoms with Crippen LogP contribution in [0.15, 0.2) is 30.5 Å². The number of rotatable bonds is 4. The van der Waals surface area contributed by atoms with Crippen molar-refractivity contribution in [3.8, 4) is 11.3 Å². The van der Waals surface area contributed by atoms with E-state index in [-0.39, 0.29) is 5.82 Å². The first kappa shape index (κ1) is 11.8. The van der Waals surface area contributed by atoms with Crippen molar-refractivity contribution in [2.75, 3.05) is 6.54 Å². The molecule has 0 fully saturated rings. The molecule has 0 bridgehead atoms. The molecule has 90 valence electrons. The minimum Gasteiger partial charge on any atom is -0.342 e. The van der Waals surface area contributed by atoms with Crippen LogP contribution in [-0.4, -0.2) is 16.5 Å². The van der Waals surface area contributed by atoms with Crippen molar-refractivity contribution in [1.29, 1.82) is 0 Å². The zero-order chi connectivity index (χ0) is 12.3. The van der Waals surface area contributed by atoms with Crippen molar-refractivity contribution in [1.82, 2.24) is 9.97 Å². The van der Waals surface area contributed by atoms with Gasteiger partial charge in [-0.2, -0.15) is 0 Å². The Balaban J connectivity index is 2.18. The molecule has 0 amide bonds. The Morgan fingerprint density at radius 1 is 1.47 bits per heavy atom. The van der Waals surface area contributed by atoms with Gasteiger partial charge in [0.1, 0.15) is 11.6 Å². The third-order valence-electron chi connectivity index (χ3n) is 2.71. The SMILES string of the molecule is CC(CN)Cc1ncc(-c2cccc(F)c2)[nH]1. The van der Waals surface area contributed by atoms with Crippen molar-refractivity contribution in [2.45, 2.75) is 13.3 Å². The molecule has 4 heteroatoms. The fourth-order valence-corrected chi connectivity index (χ4v) is 1.68. The van der Waals surface area contributed by atoms with Crippen LogP contribution in [0.1, 0.15) is 12.7 Å². The lowest BCUT2D eigenvalue weighted by Crippen LogP contribution is -2.13. The van der Waals surface area contributed by atoms with Crippen LogP contribution in [0.3, 0.4) is 0 Å². The van der Waals surface area contributed by atoms with Crippen molar-refractivity contribution in [2.24, 2.45) is 11.7 Å². The van der Waals surface area contributed by atoms with Crippen LogP contribution >= 0.6 is 0 Å². The zero-order valence-electron chi connectivity index (χ0n) is 9.78. The molecule has 3 N–H and O–H groups in total. The molecular weight excluding hydrogens is 217 g/mol. The smallest absolute Gasteiger partial charge is 0.123 e. The van der Waals surface area contributed by atoms with Crippen LogP contribution in [0.25, 0.3) is 11.3 Å². The molecule has 1 aromatic heterocycles. The van der Waals surface area contributed by atoms with Gasteiger partial charge in [0, 0.05) is 12.0 Å². The van der Waals surface area contributed by atoms with Crippen molar-refractivity contribution >= 4 is 0 Å². The van der Waals surface area contributed by atoms with Crippen molar-refractivity contribution in [3.63, 3.8) is 0 Å². The summed E-state index contributed by atoms with van der Waals surface area (Å²) in [7, 11) is 0. The molecule has 0 saturated heterocycles. The number of nitrogens with two attached hydrogens (primary N) is 1. The minimum absolute atomic E-state index is 0.242. The van der Waals surface area contributed by atoms with E-state index in [1.54, 1.807) is 12.3 Å². The van der Waals surface area contributed by atoms with Crippen molar-refractivity contribution in [3.05, 3.63) is 42.1 Å². The highest BCUT2D eigenvalue weighted by Gasteiger charge is 2.07. The number of imidazole rings is 1. The molecule has 1 heterocycles. The number of H-pyrrole nitrogens is 1. The van der Waals surface area contributed by atoms with Gasteiger partial charge < -0.3 is 10.7 Å². The first-order valence-electron chi connectivity index (χ1n) is 5.69. The summed E-state index contributed by atoms with van der Waals surface area (Å²) in [5.74, 6) is 1.04. The molecule has 0 radical (unpaired) electrons. The zero-order valence-corrected chi connectivity index (χ0v) is 9.78. The van der Waals surface area contributed by atoms with Gasteiger partial charge in [0.05, 0.1) is 11.9 Å². The highest BCUT2D eigenvalue weighted by atomic mass is 19.1. The molecule has 0 aliphatic rings. The van der Waals surface area contributed by atoms with Crippen LogP contribution in [-0.2, 0) is 6.42 Å². The number of hydrogen-bond acceptors (Lipinski definition) is 2. The Kier molecular flexibility index (Phi) is 3.54. The van der Waals surface area contributed by atoms with E-state index in [1.165, 1.54) is 12.1 Å². The van der Waals surface area contributed by atoms with E-state index in [1.807, 2.05) is 6.07 Å². The molecule has 0 spiro atoms. The molecule has 2 rings (SSSR count). The van der Waals surface area contributed by atoms with Crippen LogP contribution < -0.4 is 5.73 Å². The first-order chi connectivity index (χ1) is 8.19. The fourth-order valence-electron chi connectivity index (χ4n) is 1.68. The van der Waals surface area contributed by atoms with Gasteiger partial charge in [0.25, 0.3) is 0 Å². The van der Waals surface area contributed by atoms with Gasteiger partial charge in [0.15, 0.2) is 0 Å². The predicted octanol–water partition coefficient (Wildman–Crippen LogP) is 2.35. The van der Waals surface area contributed by atoms with E-state index in [0.29, 0.717) is 12.5 Å². The predicted molar refractivity (Wildman–Crippen MR) is 65.9 cm³/mol. The van der Waals surface area contributed by atoms with Gasteiger partial charge in [-0.05, 0) is 24.6 Å². The third-order valence-corrected chi connectivity index (χ3v) is 2.71. The summed E-state index contributed by atoms with van der Waals surface area (Å²) in [6, 6.07) is 6.46. The van der Waals surface area contributed by atoms with E-state index in [9.17, 15) is 4.39 Å². The summed E-state index contributed by atoms with van der Waals surface area (Å²) < 4.78 is 13.1. The lowest BCUT2D eigenvalue weighted by atomic mass is 10.1. The third kappa shape index (κ3) is 2.91. The summed E-state index contributed by atoms with van der Waals surface area (Å²) in [4.78, 5) is 7.47. The Labute approximate surface area is 99.9 Å². The Hall–Kier alpha value is -1.68. The molecule has 1 atom stereocenters. The Bertz CT molecular complexity index is 493. The second kappa shape index (κ2) is 5.10. The molecule has 1 unspecified atom stereocenters. The molecule has 3 nitrogen and oxygen atoms in total. The highest BCUT2D eigenvalue weighted by molar-refractivity contribution is 5.58. The average Bonchev–Trinajstić information content (AvgIpc) is 2.77. The highest BCUT2D eigenvalue weighted by Crippen LogP contribution is 2.18. The molecule has 1 aromatic carbocycles. The second-order valence-corrected chi connectivity index (χ2v) is 4.30. The Morgan fingerprint density at radius 3 is 3.00 bits per heavy atom. The van der Waals surface area contributed by atoms with Crippen LogP contribution in [0.5, 0.6) is 0 Å². The number of hydrogen-bond donors (Lipinski definition) is 2. The summed E-state index contributed by atoms with van der Waals surface area (Å²) in [6.07, 6.45) is 2.54. The lowest BCUT2D eigenvalue weighted by Gasteiger charge is -2.04. The molecule has 0 aliphatic heterocycles. The average molecular weight is 233 g/mol. The largest absolute Gasteiger partial charge is 0.342 e. The van der Waals surface area contributed by atoms with Gasteiger partial charge in [0.2, 0.25) is 0 Å². The normalized spacial score (nSPS) is 12.6. The molecular formula is C13H16FN3. The number of nitrogens with one attached hydrogen (secondary N) is 1. The molecule has 0 aliphatic carbocycles. The quantitative estimate of drug-likeness (QED) is 0.851. The van der Waals surface area contributed by atoms with Gasteiger partial charge >= 0.3 is 0 Å². The van der Waals surface area contributed by atoms with E-state index >= 15 is 0 Å². The summed E-state index contributed by atoms with van der Waals surface area (Å²) in [5, 5.41) is 0. The van der Waals surface area contributed by atoms with E-state index in [4.69, 9.17) is 5.73 Å². The van der Waals surface area contributed by atoms with Gasteiger partial charge in [-0.1, -0.05) is 19.1 Å². The maximum Gasteiger partial charge on any atom is 0.123 e. The molecule has 17 heavy (non-hydrogen) atoms. The summed E-state index contributed by atoms with van der Waals surface area (Å²) in [6.45, 7) is 2.71. The maximum absolute atomic E-state index is 13.1. The Morgan fingerprint density at radius 2 is 2.29 bits per heavy atom. The van der Waals surface area contributed by atoms with E-state index < -0.39 is 0 Å². The lowest BCUT2D eigenvalue weighted by molar-refractivity contribution is 0.577. The summed E-state index contributed by atoms with van der Waals surface area (Å²) in [5.41, 5.74) is 7.21. The van der Waals surface area contributed by atoms with Crippen LogP contribution in [0, 0.1) is 11.7 Å². The molecule has 0 saturated carbocycles. The number of aromatic nitrogens is 2. The van der Waals surface area contributed by atoms with Gasteiger partial charge in [-0.15, -0.1) is 0 Å². The monoisotopic (exact) mass is 233 g/mol. The number of nitrogens with zero attached hydrogens (tertiary/aromatic N) is 1. The van der Waals surface area contributed by atoms with Crippen molar-refractivity contribution < 1.29 is 4.39 Å².